The molecule has 1 N–H and O–H groups in total. The summed E-state index contributed by atoms with van der Waals surface area (Å²) in [4.78, 5) is 14.9. The van der Waals surface area contributed by atoms with E-state index in [4.69, 9.17) is 16.3 Å². The second kappa shape index (κ2) is 10.4. The van der Waals surface area contributed by atoms with Crippen molar-refractivity contribution in [3.63, 3.8) is 0 Å². The zero-order chi connectivity index (χ0) is 22.5. The first-order valence-corrected chi connectivity index (χ1v) is 12.0. The number of ether oxygens (including phenoxy) is 1. The van der Waals surface area contributed by atoms with Crippen LogP contribution in [0, 0.1) is 6.92 Å². The van der Waals surface area contributed by atoms with Crippen LogP contribution in [-0.4, -0.2) is 52.7 Å². The number of halogens is 1. The molecule has 1 amide bonds. The SMILES string of the molecule is CCn1c(SCC(=O)Nc2cccc(Cl)c2N2CCOCC2)nnc1-c1ccccc1C. The van der Waals surface area contributed by atoms with E-state index in [1.54, 1.807) is 0 Å². The van der Waals surface area contributed by atoms with Crippen molar-refractivity contribution in [2.75, 3.05) is 42.3 Å². The number of carbonyl (C=O) groups excluding carboxylic acids is 1. The predicted molar refractivity (Wildman–Crippen MR) is 130 cm³/mol. The van der Waals surface area contributed by atoms with Crippen LogP contribution >= 0.6 is 23.4 Å². The van der Waals surface area contributed by atoms with Gasteiger partial charge in [-0.15, -0.1) is 10.2 Å². The number of thioether (sulfide) groups is 1. The fraction of sp³-hybridized carbons (Fsp3) is 0.348. The molecule has 2 heterocycles. The molecule has 4 rings (SSSR count). The van der Waals surface area contributed by atoms with Crippen molar-refractivity contribution >= 4 is 40.6 Å². The third-order valence-electron chi connectivity index (χ3n) is 5.34. The molecular formula is C23H26ClN5O2S. The highest BCUT2D eigenvalue weighted by Crippen LogP contribution is 2.35. The van der Waals surface area contributed by atoms with E-state index < -0.39 is 0 Å². The van der Waals surface area contributed by atoms with Crippen molar-refractivity contribution in [2.45, 2.75) is 25.5 Å². The molecule has 1 fully saturated rings. The Kier molecular flexibility index (Phi) is 7.34. The van der Waals surface area contributed by atoms with Gasteiger partial charge in [-0.2, -0.15) is 0 Å². The lowest BCUT2D eigenvalue weighted by molar-refractivity contribution is -0.113. The fourth-order valence-electron chi connectivity index (χ4n) is 3.74. The number of amides is 1. The van der Waals surface area contributed by atoms with Crippen LogP contribution < -0.4 is 10.2 Å². The number of aromatic nitrogens is 3. The molecule has 7 nitrogen and oxygen atoms in total. The Morgan fingerprint density at radius 3 is 2.69 bits per heavy atom. The minimum absolute atomic E-state index is 0.116. The number of para-hydroxylation sites is 1. The lowest BCUT2D eigenvalue weighted by atomic mass is 10.1. The quantitative estimate of drug-likeness (QED) is 0.512. The lowest BCUT2D eigenvalue weighted by Crippen LogP contribution is -2.37. The number of benzene rings is 2. The highest BCUT2D eigenvalue weighted by atomic mass is 35.5. The molecule has 0 unspecified atom stereocenters. The number of morpholine rings is 1. The summed E-state index contributed by atoms with van der Waals surface area (Å²) in [5.74, 6) is 0.925. The summed E-state index contributed by atoms with van der Waals surface area (Å²) >= 11 is 7.85. The van der Waals surface area contributed by atoms with Gasteiger partial charge < -0.3 is 19.5 Å². The molecule has 0 atom stereocenters. The Morgan fingerprint density at radius 2 is 1.94 bits per heavy atom. The minimum atomic E-state index is -0.116. The largest absolute Gasteiger partial charge is 0.378 e. The molecule has 1 aliphatic rings. The summed E-state index contributed by atoms with van der Waals surface area (Å²) in [7, 11) is 0. The zero-order valence-electron chi connectivity index (χ0n) is 18.2. The number of hydrogen-bond donors (Lipinski definition) is 1. The van der Waals surface area contributed by atoms with E-state index in [-0.39, 0.29) is 11.7 Å². The highest BCUT2D eigenvalue weighted by molar-refractivity contribution is 7.99. The number of hydrogen-bond acceptors (Lipinski definition) is 6. The normalized spacial score (nSPS) is 13.9. The van der Waals surface area contributed by atoms with Crippen LogP contribution in [0.15, 0.2) is 47.6 Å². The van der Waals surface area contributed by atoms with Crippen molar-refractivity contribution in [3.05, 3.63) is 53.1 Å². The number of nitrogens with zero attached hydrogens (tertiary/aromatic N) is 4. The van der Waals surface area contributed by atoms with Crippen LogP contribution in [0.3, 0.4) is 0 Å². The predicted octanol–water partition coefficient (Wildman–Crippen LogP) is 4.49. The molecule has 0 aliphatic carbocycles. The third kappa shape index (κ3) is 4.92. The molecule has 3 aromatic rings. The topological polar surface area (TPSA) is 72.3 Å². The first kappa shape index (κ1) is 22.6. The second-order valence-electron chi connectivity index (χ2n) is 7.44. The number of carbonyl (C=O) groups is 1. The summed E-state index contributed by atoms with van der Waals surface area (Å²) < 4.78 is 7.48. The van der Waals surface area contributed by atoms with Crippen molar-refractivity contribution in [3.8, 4) is 11.4 Å². The Labute approximate surface area is 197 Å². The van der Waals surface area contributed by atoms with Crippen molar-refractivity contribution in [1.29, 1.82) is 0 Å². The molecule has 9 heteroatoms. The number of anilines is 2. The van der Waals surface area contributed by atoms with Gasteiger partial charge in [0.2, 0.25) is 5.91 Å². The maximum atomic E-state index is 12.8. The van der Waals surface area contributed by atoms with E-state index in [0.717, 1.165) is 47.4 Å². The molecule has 1 aliphatic heterocycles. The molecule has 168 valence electrons. The zero-order valence-corrected chi connectivity index (χ0v) is 19.7. The molecule has 1 saturated heterocycles. The Hall–Kier alpha value is -2.55. The summed E-state index contributed by atoms with van der Waals surface area (Å²) in [6.07, 6.45) is 0. The Bertz CT molecular complexity index is 1100. The van der Waals surface area contributed by atoms with Crippen LogP contribution in [0.25, 0.3) is 11.4 Å². The fourth-order valence-corrected chi connectivity index (χ4v) is 4.84. The second-order valence-corrected chi connectivity index (χ2v) is 8.79. The maximum Gasteiger partial charge on any atom is 0.234 e. The molecule has 0 saturated carbocycles. The smallest absolute Gasteiger partial charge is 0.234 e. The van der Waals surface area contributed by atoms with E-state index in [1.807, 2.05) is 41.0 Å². The molecule has 0 radical (unpaired) electrons. The number of aryl methyl sites for hydroxylation is 1. The van der Waals surface area contributed by atoms with Gasteiger partial charge in [0.25, 0.3) is 0 Å². The van der Waals surface area contributed by atoms with E-state index in [2.05, 4.69) is 40.3 Å². The maximum absolute atomic E-state index is 12.8. The molecule has 0 spiro atoms. The summed E-state index contributed by atoms with van der Waals surface area (Å²) in [6.45, 7) is 7.59. The van der Waals surface area contributed by atoms with Gasteiger partial charge in [-0.05, 0) is 31.5 Å². The Balaban J connectivity index is 1.47. The summed E-state index contributed by atoms with van der Waals surface area (Å²) in [5.41, 5.74) is 3.74. The standard InChI is InChI=1S/C23H26ClN5O2S/c1-3-29-22(17-8-5-4-7-16(17)2)26-27-23(29)32-15-20(30)25-19-10-6-9-18(24)21(19)28-11-13-31-14-12-28/h4-10H,3,11-15H2,1-2H3,(H,25,30). The number of rotatable bonds is 7. The van der Waals surface area contributed by atoms with Gasteiger partial charge >= 0.3 is 0 Å². The van der Waals surface area contributed by atoms with Gasteiger partial charge in [-0.3, -0.25) is 4.79 Å². The highest BCUT2D eigenvalue weighted by Gasteiger charge is 2.20. The van der Waals surface area contributed by atoms with Gasteiger partial charge in [0, 0.05) is 25.2 Å². The monoisotopic (exact) mass is 471 g/mol. The van der Waals surface area contributed by atoms with E-state index >= 15 is 0 Å². The van der Waals surface area contributed by atoms with E-state index in [9.17, 15) is 4.79 Å². The first-order valence-electron chi connectivity index (χ1n) is 10.6. The summed E-state index contributed by atoms with van der Waals surface area (Å²) in [5, 5.41) is 13.1. The van der Waals surface area contributed by atoms with Crippen LogP contribution in [0.2, 0.25) is 5.02 Å². The lowest BCUT2D eigenvalue weighted by Gasteiger charge is -2.31. The molecule has 0 bridgehead atoms. The average Bonchev–Trinajstić information content (AvgIpc) is 3.21. The van der Waals surface area contributed by atoms with E-state index in [1.165, 1.54) is 11.8 Å². The van der Waals surface area contributed by atoms with Gasteiger partial charge in [0.05, 0.1) is 35.4 Å². The third-order valence-corrected chi connectivity index (χ3v) is 6.61. The Morgan fingerprint density at radius 1 is 1.16 bits per heavy atom. The van der Waals surface area contributed by atoms with Crippen molar-refractivity contribution < 1.29 is 9.53 Å². The van der Waals surface area contributed by atoms with Gasteiger partial charge in [-0.1, -0.05) is 53.7 Å². The van der Waals surface area contributed by atoms with Crippen LogP contribution in [0.1, 0.15) is 12.5 Å². The van der Waals surface area contributed by atoms with Crippen molar-refractivity contribution in [2.24, 2.45) is 0 Å². The summed E-state index contributed by atoms with van der Waals surface area (Å²) in [6, 6.07) is 13.7. The molecule has 1 aromatic heterocycles. The molecule has 32 heavy (non-hydrogen) atoms. The van der Waals surface area contributed by atoms with Crippen LogP contribution in [-0.2, 0) is 16.1 Å². The minimum Gasteiger partial charge on any atom is -0.378 e. The number of nitrogens with one attached hydrogen (secondary N) is 1. The van der Waals surface area contributed by atoms with Crippen molar-refractivity contribution in [1.82, 2.24) is 14.8 Å². The van der Waals surface area contributed by atoms with E-state index in [0.29, 0.717) is 23.9 Å². The van der Waals surface area contributed by atoms with Gasteiger partial charge in [-0.25, -0.2) is 0 Å². The van der Waals surface area contributed by atoms with Crippen LogP contribution in [0.4, 0.5) is 11.4 Å². The first-order chi connectivity index (χ1) is 15.6. The van der Waals surface area contributed by atoms with Gasteiger partial charge in [0.1, 0.15) is 0 Å². The van der Waals surface area contributed by atoms with Crippen LogP contribution in [0.5, 0.6) is 0 Å². The molecular weight excluding hydrogens is 446 g/mol. The van der Waals surface area contributed by atoms with Gasteiger partial charge in [0.15, 0.2) is 11.0 Å². The molecule has 2 aromatic carbocycles. The average molecular weight is 472 g/mol.